The average Bonchev–Trinajstić information content (AvgIpc) is 2.99. The fourth-order valence-electron chi connectivity index (χ4n) is 2.41. The normalized spacial score (nSPS) is 10.7. The van der Waals surface area contributed by atoms with Crippen LogP contribution in [0.5, 0.6) is 11.5 Å². The Bertz CT molecular complexity index is 581. The summed E-state index contributed by atoms with van der Waals surface area (Å²) in [6.07, 6.45) is 3.91. The SMILES string of the molecule is CCCn1nccc1CNCCc1ccc(OC)c(OC)c1. The molecule has 0 aliphatic rings. The van der Waals surface area contributed by atoms with Crippen molar-refractivity contribution in [2.75, 3.05) is 20.8 Å². The predicted molar refractivity (Wildman–Crippen MR) is 87.5 cm³/mol. The Morgan fingerprint density at radius 1 is 1.14 bits per heavy atom. The van der Waals surface area contributed by atoms with Crippen LogP contribution in [0.25, 0.3) is 0 Å². The van der Waals surface area contributed by atoms with Gasteiger partial charge in [0.15, 0.2) is 11.5 Å². The van der Waals surface area contributed by atoms with Crippen molar-refractivity contribution < 1.29 is 9.47 Å². The van der Waals surface area contributed by atoms with Gasteiger partial charge in [0.1, 0.15) is 0 Å². The summed E-state index contributed by atoms with van der Waals surface area (Å²) in [6.45, 7) is 4.88. The largest absolute Gasteiger partial charge is 0.493 e. The molecule has 2 rings (SSSR count). The van der Waals surface area contributed by atoms with Crippen molar-refractivity contribution in [3.8, 4) is 11.5 Å². The summed E-state index contributed by atoms with van der Waals surface area (Å²) in [5, 5.41) is 7.80. The minimum absolute atomic E-state index is 0.766. The van der Waals surface area contributed by atoms with Crippen LogP contribution < -0.4 is 14.8 Å². The van der Waals surface area contributed by atoms with Gasteiger partial charge in [0.05, 0.1) is 19.9 Å². The highest BCUT2D eigenvalue weighted by atomic mass is 16.5. The number of aryl methyl sites for hydroxylation is 1. The molecule has 0 bridgehead atoms. The molecule has 0 saturated heterocycles. The Balaban J connectivity index is 1.82. The van der Waals surface area contributed by atoms with E-state index in [0.717, 1.165) is 44.0 Å². The van der Waals surface area contributed by atoms with E-state index in [0.29, 0.717) is 0 Å². The van der Waals surface area contributed by atoms with Gasteiger partial charge < -0.3 is 14.8 Å². The summed E-state index contributed by atoms with van der Waals surface area (Å²) in [7, 11) is 3.31. The summed E-state index contributed by atoms with van der Waals surface area (Å²) in [5.74, 6) is 1.55. The Labute approximate surface area is 132 Å². The first-order valence-corrected chi connectivity index (χ1v) is 7.70. The van der Waals surface area contributed by atoms with Crippen molar-refractivity contribution in [2.45, 2.75) is 32.9 Å². The summed E-state index contributed by atoms with van der Waals surface area (Å²) in [4.78, 5) is 0. The van der Waals surface area contributed by atoms with Crippen LogP contribution in [0.3, 0.4) is 0 Å². The summed E-state index contributed by atoms with van der Waals surface area (Å²) >= 11 is 0. The number of ether oxygens (including phenoxy) is 2. The molecule has 2 aromatic rings. The highest BCUT2D eigenvalue weighted by molar-refractivity contribution is 5.42. The van der Waals surface area contributed by atoms with E-state index in [4.69, 9.17) is 9.47 Å². The molecule has 0 spiro atoms. The maximum atomic E-state index is 5.33. The minimum atomic E-state index is 0.766. The molecule has 1 aromatic heterocycles. The van der Waals surface area contributed by atoms with Gasteiger partial charge in [-0.2, -0.15) is 5.10 Å². The van der Waals surface area contributed by atoms with Crippen molar-refractivity contribution in [2.24, 2.45) is 0 Å². The maximum Gasteiger partial charge on any atom is 0.160 e. The molecule has 0 amide bonds. The predicted octanol–water partition coefficient (Wildman–Crippen LogP) is 2.64. The second kappa shape index (κ2) is 8.44. The van der Waals surface area contributed by atoms with Crippen LogP contribution >= 0.6 is 0 Å². The number of methoxy groups -OCH3 is 2. The fourth-order valence-corrected chi connectivity index (χ4v) is 2.41. The molecule has 22 heavy (non-hydrogen) atoms. The molecule has 0 unspecified atom stereocenters. The highest BCUT2D eigenvalue weighted by Gasteiger charge is 2.05. The van der Waals surface area contributed by atoms with E-state index in [1.165, 1.54) is 11.3 Å². The lowest BCUT2D eigenvalue weighted by Gasteiger charge is -2.10. The van der Waals surface area contributed by atoms with Crippen LogP contribution in [0.4, 0.5) is 0 Å². The van der Waals surface area contributed by atoms with Crippen molar-refractivity contribution in [3.05, 3.63) is 41.7 Å². The van der Waals surface area contributed by atoms with Gasteiger partial charge in [0.2, 0.25) is 0 Å². The summed E-state index contributed by atoms with van der Waals surface area (Å²) in [6, 6.07) is 8.12. The van der Waals surface area contributed by atoms with Crippen LogP contribution in [0.15, 0.2) is 30.5 Å². The third kappa shape index (κ3) is 4.24. The molecule has 120 valence electrons. The van der Waals surface area contributed by atoms with E-state index in [2.05, 4.69) is 34.2 Å². The molecule has 0 aliphatic carbocycles. The van der Waals surface area contributed by atoms with E-state index < -0.39 is 0 Å². The molecule has 5 heteroatoms. The molecule has 1 N–H and O–H groups in total. The van der Waals surface area contributed by atoms with Gasteiger partial charge in [-0.3, -0.25) is 4.68 Å². The molecular formula is C17H25N3O2. The number of hydrogen-bond acceptors (Lipinski definition) is 4. The highest BCUT2D eigenvalue weighted by Crippen LogP contribution is 2.27. The van der Waals surface area contributed by atoms with Gasteiger partial charge in [-0.1, -0.05) is 13.0 Å². The molecular weight excluding hydrogens is 278 g/mol. The maximum absolute atomic E-state index is 5.33. The Morgan fingerprint density at radius 2 is 1.95 bits per heavy atom. The van der Waals surface area contributed by atoms with Gasteiger partial charge in [0, 0.05) is 19.3 Å². The van der Waals surface area contributed by atoms with Gasteiger partial charge in [-0.15, -0.1) is 0 Å². The number of nitrogens with zero attached hydrogens (tertiary/aromatic N) is 2. The number of nitrogens with one attached hydrogen (secondary N) is 1. The van der Waals surface area contributed by atoms with Gasteiger partial charge in [0.25, 0.3) is 0 Å². The molecule has 1 aromatic carbocycles. The lowest BCUT2D eigenvalue weighted by molar-refractivity contribution is 0.354. The van der Waals surface area contributed by atoms with Crippen molar-refractivity contribution >= 4 is 0 Å². The van der Waals surface area contributed by atoms with E-state index in [1.54, 1.807) is 14.2 Å². The standard InChI is InChI=1S/C17H25N3O2/c1-4-11-20-15(8-10-19-20)13-18-9-7-14-5-6-16(21-2)17(12-14)22-3/h5-6,8,10,12,18H,4,7,9,11,13H2,1-3H3. The topological polar surface area (TPSA) is 48.3 Å². The lowest BCUT2D eigenvalue weighted by Crippen LogP contribution is -2.19. The molecule has 1 heterocycles. The van der Waals surface area contributed by atoms with Crippen molar-refractivity contribution in [1.82, 2.24) is 15.1 Å². The van der Waals surface area contributed by atoms with Crippen LogP contribution in [0.2, 0.25) is 0 Å². The smallest absolute Gasteiger partial charge is 0.160 e. The van der Waals surface area contributed by atoms with Crippen molar-refractivity contribution in [1.29, 1.82) is 0 Å². The molecule has 0 aliphatic heterocycles. The van der Waals surface area contributed by atoms with E-state index >= 15 is 0 Å². The Morgan fingerprint density at radius 3 is 2.68 bits per heavy atom. The van der Waals surface area contributed by atoms with Crippen molar-refractivity contribution in [3.63, 3.8) is 0 Å². The summed E-state index contributed by atoms with van der Waals surface area (Å²) < 4.78 is 12.6. The molecule has 0 atom stereocenters. The molecule has 0 radical (unpaired) electrons. The first kappa shape index (κ1) is 16.4. The quantitative estimate of drug-likeness (QED) is 0.724. The zero-order chi connectivity index (χ0) is 15.8. The second-order valence-electron chi connectivity index (χ2n) is 5.16. The molecule has 5 nitrogen and oxygen atoms in total. The Kier molecular flexibility index (Phi) is 6.27. The molecule has 0 fully saturated rings. The number of hydrogen-bond donors (Lipinski definition) is 1. The third-order valence-corrected chi connectivity index (χ3v) is 3.58. The monoisotopic (exact) mass is 303 g/mol. The number of aromatic nitrogens is 2. The first-order valence-electron chi connectivity index (χ1n) is 7.70. The fraction of sp³-hybridized carbons (Fsp3) is 0.471. The Hall–Kier alpha value is -2.01. The van der Waals surface area contributed by atoms with E-state index in [1.807, 2.05) is 18.3 Å². The van der Waals surface area contributed by atoms with E-state index in [9.17, 15) is 0 Å². The minimum Gasteiger partial charge on any atom is -0.493 e. The van der Waals surface area contributed by atoms with Crippen LogP contribution in [0, 0.1) is 0 Å². The van der Waals surface area contributed by atoms with Gasteiger partial charge in [-0.25, -0.2) is 0 Å². The summed E-state index contributed by atoms with van der Waals surface area (Å²) in [5.41, 5.74) is 2.46. The van der Waals surface area contributed by atoms with Crippen LogP contribution in [0.1, 0.15) is 24.6 Å². The lowest BCUT2D eigenvalue weighted by atomic mass is 10.1. The number of benzene rings is 1. The van der Waals surface area contributed by atoms with Gasteiger partial charge in [-0.05, 0) is 43.1 Å². The molecule has 0 saturated carbocycles. The van der Waals surface area contributed by atoms with Crippen LogP contribution in [-0.4, -0.2) is 30.5 Å². The van der Waals surface area contributed by atoms with Crippen LogP contribution in [-0.2, 0) is 19.5 Å². The number of rotatable bonds is 9. The zero-order valence-corrected chi connectivity index (χ0v) is 13.6. The van der Waals surface area contributed by atoms with E-state index in [-0.39, 0.29) is 0 Å². The van der Waals surface area contributed by atoms with Gasteiger partial charge >= 0.3 is 0 Å². The third-order valence-electron chi connectivity index (χ3n) is 3.58. The first-order chi connectivity index (χ1) is 10.8. The second-order valence-corrected chi connectivity index (χ2v) is 5.16. The zero-order valence-electron chi connectivity index (χ0n) is 13.6. The average molecular weight is 303 g/mol.